The van der Waals surface area contributed by atoms with Crippen LogP contribution in [0, 0.1) is 5.82 Å². The van der Waals surface area contributed by atoms with Crippen molar-refractivity contribution in [1.29, 1.82) is 0 Å². The summed E-state index contributed by atoms with van der Waals surface area (Å²) in [5.74, 6) is -0.290. The molecule has 2 aromatic rings. The summed E-state index contributed by atoms with van der Waals surface area (Å²) in [5.41, 5.74) is 1.73. The molecule has 3 nitrogen and oxygen atoms in total. The molecule has 0 bridgehead atoms. The number of carbonyl (C=O) groups is 1. The summed E-state index contributed by atoms with van der Waals surface area (Å²) in [6, 6.07) is 16.6. The fourth-order valence-corrected chi connectivity index (χ4v) is 3.07. The lowest BCUT2D eigenvalue weighted by atomic mass is 10.1. The van der Waals surface area contributed by atoms with E-state index < -0.39 is 0 Å². The Morgan fingerprint density at radius 2 is 1.87 bits per heavy atom. The first-order valence-corrected chi connectivity index (χ1v) is 8.03. The van der Waals surface area contributed by atoms with Gasteiger partial charge in [-0.2, -0.15) is 0 Å². The van der Waals surface area contributed by atoms with Crippen molar-refractivity contribution in [3.63, 3.8) is 0 Å². The number of hydrogen-bond donors (Lipinski definition) is 1. The third kappa shape index (κ3) is 3.96. The van der Waals surface area contributed by atoms with Gasteiger partial charge >= 0.3 is 0 Å². The van der Waals surface area contributed by atoms with Gasteiger partial charge < -0.3 is 5.32 Å². The van der Waals surface area contributed by atoms with Crippen LogP contribution in [-0.2, 0) is 17.9 Å². The normalized spacial score (nSPS) is 18.0. The van der Waals surface area contributed by atoms with Crippen molar-refractivity contribution in [3.8, 4) is 0 Å². The summed E-state index contributed by atoms with van der Waals surface area (Å²) in [7, 11) is 0. The van der Waals surface area contributed by atoms with E-state index >= 15 is 0 Å². The van der Waals surface area contributed by atoms with Crippen LogP contribution in [0.25, 0.3) is 0 Å². The number of likely N-dealkylation sites (tertiary alicyclic amines) is 1. The zero-order valence-corrected chi connectivity index (χ0v) is 13.0. The van der Waals surface area contributed by atoms with Gasteiger partial charge in [0.1, 0.15) is 5.82 Å². The van der Waals surface area contributed by atoms with E-state index in [0.717, 1.165) is 25.9 Å². The monoisotopic (exact) mass is 312 g/mol. The Hall–Kier alpha value is -2.20. The lowest BCUT2D eigenvalue weighted by Gasteiger charge is -2.23. The summed E-state index contributed by atoms with van der Waals surface area (Å²) >= 11 is 0. The Morgan fingerprint density at radius 1 is 1.13 bits per heavy atom. The number of halogens is 1. The van der Waals surface area contributed by atoms with Crippen molar-refractivity contribution in [2.75, 3.05) is 6.54 Å². The molecule has 0 saturated carbocycles. The lowest BCUT2D eigenvalue weighted by molar-refractivity contribution is -0.125. The minimum Gasteiger partial charge on any atom is -0.351 e. The molecule has 1 fully saturated rings. The van der Waals surface area contributed by atoms with Crippen molar-refractivity contribution < 1.29 is 9.18 Å². The molecule has 120 valence electrons. The molecule has 1 aliphatic heterocycles. The molecule has 0 spiro atoms. The maximum Gasteiger partial charge on any atom is 0.237 e. The van der Waals surface area contributed by atoms with Gasteiger partial charge in [0, 0.05) is 18.7 Å². The Balaban J connectivity index is 1.59. The summed E-state index contributed by atoms with van der Waals surface area (Å²) < 4.78 is 13.6. The van der Waals surface area contributed by atoms with Crippen molar-refractivity contribution in [1.82, 2.24) is 10.2 Å². The van der Waals surface area contributed by atoms with Gasteiger partial charge in [-0.25, -0.2) is 4.39 Å². The van der Waals surface area contributed by atoms with Gasteiger partial charge in [0.2, 0.25) is 5.91 Å². The molecule has 1 atom stereocenters. The molecule has 1 aliphatic rings. The molecule has 1 saturated heterocycles. The fourth-order valence-electron chi connectivity index (χ4n) is 3.07. The van der Waals surface area contributed by atoms with E-state index in [1.807, 2.05) is 18.2 Å². The molecule has 1 amide bonds. The van der Waals surface area contributed by atoms with Crippen molar-refractivity contribution >= 4 is 5.91 Å². The third-order valence-corrected chi connectivity index (χ3v) is 4.31. The molecular weight excluding hydrogens is 291 g/mol. The summed E-state index contributed by atoms with van der Waals surface area (Å²) in [5, 5.41) is 2.88. The van der Waals surface area contributed by atoms with Gasteiger partial charge in [0.25, 0.3) is 0 Å². The first kappa shape index (κ1) is 15.7. The fraction of sp³-hybridized carbons (Fsp3) is 0.316. The van der Waals surface area contributed by atoms with E-state index in [0.29, 0.717) is 5.56 Å². The topological polar surface area (TPSA) is 32.3 Å². The molecule has 0 aliphatic carbocycles. The smallest absolute Gasteiger partial charge is 0.237 e. The van der Waals surface area contributed by atoms with Gasteiger partial charge in [-0.05, 0) is 31.0 Å². The van der Waals surface area contributed by atoms with Crippen LogP contribution in [0.1, 0.15) is 24.0 Å². The van der Waals surface area contributed by atoms with Gasteiger partial charge in [0.15, 0.2) is 0 Å². The number of hydrogen-bond acceptors (Lipinski definition) is 2. The van der Waals surface area contributed by atoms with Crippen LogP contribution >= 0.6 is 0 Å². The first-order chi connectivity index (χ1) is 11.2. The Morgan fingerprint density at radius 3 is 2.65 bits per heavy atom. The highest BCUT2D eigenvalue weighted by atomic mass is 19.1. The largest absolute Gasteiger partial charge is 0.351 e. The van der Waals surface area contributed by atoms with Crippen LogP contribution in [0.15, 0.2) is 54.6 Å². The number of nitrogens with zero attached hydrogens (tertiary/aromatic N) is 1. The molecule has 3 rings (SSSR count). The zero-order valence-electron chi connectivity index (χ0n) is 13.0. The van der Waals surface area contributed by atoms with Crippen LogP contribution < -0.4 is 5.32 Å². The van der Waals surface area contributed by atoms with Crippen molar-refractivity contribution in [3.05, 3.63) is 71.5 Å². The minimum atomic E-state index is -0.277. The Bertz CT molecular complexity index is 659. The predicted molar refractivity (Wildman–Crippen MR) is 88.1 cm³/mol. The van der Waals surface area contributed by atoms with Crippen LogP contribution in [0.5, 0.6) is 0 Å². The number of rotatable bonds is 5. The number of amides is 1. The third-order valence-electron chi connectivity index (χ3n) is 4.31. The second-order valence-corrected chi connectivity index (χ2v) is 5.92. The van der Waals surface area contributed by atoms with Crippen LogP contribution in [0.2, 0.25) is 0 Å². The molecular formula is C19H21FN2O. The highest BCUT2D eigenvalue weighted by Gasteiger charge is 2.30. The highest BCUT2D eigenvalue weighted by Crippen LogP contribution is 2.20. The minimum absolute atomic E-state index is 0.0123. The molecule has 0 unspecified atom stereocenters. The molecule has 2 aromatic carbocycles. The Kier molecular flexibility index (Phi) is 5.03. The second-order valence-electron chi connectivity index (χ2n) is 5.92. The van der Waals surface area contributed by atoms with Gasteiger partial charge in [-0.15, -0.1) is 0 Å². The van der Waals surface area contributed by atoms with E-state index in [2.05, 4.69) is 22.3 Å². The molecule has 1 N–H and O–H groups in total. The average molecular weight is 312 g/mol. The number of benzene rings is 2. The first-order valence-electron chi connectivity index (χ1n) is 8.03. The second kappa shape index (κ2) is 7.38. The van der Waals surface area contributed by atoms with Crippen LogP contribution in [0.4, 0.5) is 4.39 Å². The zero-order chi connectivity index (χ0) is 16.1. The standard InChI is InChI=1S/C19H21FN2O/c20-17-10-5-4-9-16(17)13-21-19(23)18-11-6-12-22(18)14-15-7-2-1-3-8-15/h1-5,7-10,18H,6,11-14H2,(H,21,23)/t18-/m1/s1. The van der Waals surface area contributed by atoms with Crippen LogP contribution in [-0.4, -0.2) is 23.4 Å². The molecule has 0 radical (unpaired) electrons. The Labute approximate surface area is 136 Å². The van der Waals surface area contributed by atoms with Gasteiger partial charge in [0.05, 0.1) is 6.04 Å². The van der Waals surface area contributed by atoms with Gasteiger partial charge in [-0.3, -0.25) is 9.69 Å². The van der Waals surface area contributed by atoms with E-state index in [1.165, 1.54) is 11.6 Å². The number of carbonyl (C=O) groups excluding carboxylic acids is 1. The van der Waals surface area contributed by atoms with E-state index in [1.54, 1.807) is 18.2 Å². The van der Waals surface area contributed by atoms with E-state index in [9.17, 15) is 9.18 Å². The van der Waals surface area contributed by atoms with Gasteiger partial charge in [-0.1, -0.05) is 48.5 Å². The maximum absolute atomic E-state index is 13.6. The molecule has 4 heteroatoms. The van der Waals surface area contributed by atoms with Crippen molar-refractivity contribution in [2.24, 2.45) is 0 Å². The summed E-state index contributed by atoms with van der Waals surface area (Å²) in [6.45, 7) is 1.94. The quantitative estimate of drug-likeness (QED) is 0.920. The average Bonchev–Trinajstić information content (AvgIpc) is 3.03. The summed E-state index contributed by atoms with van der Waals surface area (Å²) in [6.07, 6.45) is 1.88. The highest BCUT2D eigenvalue weighted by molar-refractivity contribution is 5.82. The molecule has 1 heterocycles. The lowest BCUT2D eigenvalue weighted by Crippen LogP contribution is -2.42. The van der Waals surface area contributed by atoms with E-state index in [-0.39, 0.29) is 24.3 Å². The molecule has 23 heavy (non-hydrogen) atoms. The number of nitrogens with one attached hydrogen (secondary N) is 1. The maximum atomic E-state index is 13.6. The van der Waals surface area contributed by atoms with E-state index in [4.69, 9.17) is 0 Å². The van der Waals surface area contributed by atoms with Crippen molar-refractivity contribution in [2.45, 2.75) is 32.0 Å². The predicted octanol–water partition coefficient (Wildman–Crippen LogP) is 3.11. The molecule has 0 aromatic heterocycles. The van der Waals surface area contributed by atoms with Crippen LogP contribution in [0.3, 0.4) is 0 Å². The summed E-state index contributed by atoms with van der Waals surface area (Å²) in [4.78, 5) is 14.7. The SMILES string of the molecule is O=C(NCc1ccccc1F)[C@H]1CCCN1Cc1ccccc1.